The Morgan fingerprint density at radius 3 is 2.07 bits per heavy atom. The number of aliphatic hydroxyl groups excluding tert-OH is 4. The molecule has 0 aliphatic carbocycles. The van der Waals surface area contributed by atoms with Gasteiger partial charge in [-0.2, -0.15) is 0 Å². The van der Waals surface area contributed by atoms with Crippen LogP contribution >= 0.6 is 0 Å². The van der Waals surface area contributed by atoms with E-state index in [9.17, 15) is 15.3 Å². The summed E-state index contributed by atoms with van der Waals surface area (Å²) in [5.41, 5.74) is 0. The Morgan fingerprint density at radius 1 is 1.07 bits per heavy atom. The van der Waals surface area contributed by atoms with E-state index in [4.69, 9.17) is 14.9 Å². The van der Waals surface area contributed by atoms with Gasteiger partial charge in [0, 0.05) is 7.11 Å². The lowest BCUT2D eigenvalue weighted by Crippen LogP contribution is -2.61. The molecule has 7 heteroatoms. The van der Waals surface area contributed by atoms with Crippen LogP contribution in [-0.2, 0) is 9.47 Å². The molecule has 5 N–H and O–H groups in total. The van der Waals surface area contributed by atoms with Crippen molar-refractivity contribution in [2.75, 3.05) is 7.11 Å². The molecule has 0 aromatic carbocycles. The Hall–Kier alpha value is -0.280. The zero-order chi connectivity index (χ0) is 10.9. The van der Waals surface area contributed by atoms with Gasteiger partial charge in [-0.3, -0.25) is 0 Å². The van der Waals surface area contributed by atoms with Crippen molar-refractivity contribution in [1.82, 2.24) is 0 Å². The van der Waals surface area contributed by atoms with Gasteiger partial charge in [0.05, 0.1) is 0 Å². The van der Waals surface area contributed by atoms with Crippen molar-refractivity contribution >= 4 is 0 Å². The second-order valence-corrected chi connectivity index (χ2v) is 3.09. The molecule has 1 aliphatic heterocycles. The lowest BCUT2D eigenvalue weighted by Gasteiger charge is -2.40. The highest BCUT2D eigenvalue weighted by atomic mass is 16.7. The fourth-order valence-corrected chi connectivity index (χ4v) is 1.31. The van der Waals surface area contributed by atoms with Crippen LogP contribution in [0.25, 0.3) is 0 Å². The summed E-state index contributed by atoms with van der Waals surface area (Å²) in [6.45, 7) is 0. The minimum Gasteiger partial charge on any atom is -0.387 e. The van der Waals surface area contributed by atoms with Crippen LogP contribution in [0.4, 0.5) is 0 Å². The SMILES string of the molecule is CO[C@@H]1O[C@H](C(O)O)[C@H](O)[C@H](O)[C@H]1O. The Morgan fingerprint density at radius 2 is 1.64 bits per heavy atom. The second kappa shape index (κ2) is 4.49. The summed E-state index contributed by atoms with van der Waals surface area (Å²) >= 11 is 0. The maximum Gasteiger partial charge on any atom is 0.186 e. The molecule has 0 saturated carbocycles. The molecule has 0 aromatic rings. The van der Waals surface area contributed by atoms with Crippen LogP contribution in [0.3, 0.4) is 0 Å². The second-order valence-electron chi connectivity index (χ2n) is 3.09. The summed E-state index contributed by atoms with van der Waals surface area (Å²) in [5.74, 6) is 0. The first-order valence-electron chi connectivity index (χ1n) is 4.07. The van der Waals surface area contributed by atoms with Crippen LogP contribution in [0.15, 0.2) is 0 Å². The molecule has 0 spiro atoms. The van der Waals surface area contributed by atoms with Gasteiger partial charge in [0.1, 0.15) is 24.4 Å². The molecule has 14 heavy (non-hydrogen) atoms. The van der Waals surface area contributed by atoms with E-state index in [1.807, 2.05) is 0 Å². The van der Waals surface area contributed by atoms with Crippen LogP contribution in [0.1, 0.15) is 0 Å². The summed E-state index contributed by atoms with van der Waals surface area (Å²) < 4.78 is 9.45. The average Bonchev–Trinajstić information content (AvgIpc) is 2.14. The maximum atomic E-state index is 9.28. The number of aliphatic hydroxyl groups is 5. The zero-order valence-corrected chi connectivity index (χ0v) is 7.52. The molecule has 84 valence electrons. The molecule has 1 aliphatic rings. The molecule has 1 heterocycles. The minimum atomic E-state index is -1.95. The molecule has 5 atom stereocenters. The molecule has 1 saturated heterocycles. The number of hydrogen-bond donors (Lipinski definition) is 5. The van der Waals surface area contributed by atoms with Gasteiger partial charge < -0.3 is 35.0 Å². The van der Waals surface area contributed by atoms with E-state index in [2.05, 4.69) is 4.74 Å². The molecule has 0 radical (unpaired) electrons. The third-order valence-corrected chi connectivity index (χ3v) is 2.13. The van der Waals surface area contributed by atoms with Crippen molar-refractivity contribution in [3.8, 4) is 0 Å². The largest absolute Gasteiger partial charge is 0.387 e. The van der Waals surface area contributed by atoms with Crippen molar-refractivity contribution in [2.45, 2.75) is 37.0 Å². The summed E-state index contributed by atoms with van der Waals surface area (Å²) in [5, 5.41) is 45.4. The molecule has 0 amide bonds. The van der Waals surface area contributed by atoms with Crippen molar-refractivity contribution in [2.24, 2.45) is 0 Å². The Labute approximate surface area is 80.1 Å². The van der Waals surface area contributed by atoms with Crippen LogP contribution < -0.4 is 0 Å². The van der Waals surface area contributed by atoms with E-state index in [-0.39, 0.29) is 0 Å². The van der Waals surface area contributed by atoms with Gasteiger partial charge in [0.2, 0.25) is 0 Å². The van der Waals surface area contributed by atoms with Gasteiger partial charge >= 0.3 is 0 Å². The Bertz CT molecular complexity index is 183. The highest BCUT2D eigenvalue weighted by Crippen LogP contribution is 2.22. The lowest BCUT2D eigenvalue weighted by molar-refractivity contribution is -0.323. The summed E-state index contributed by atoms with van der Waals surface area (Å²) in [6.07, 6.45) is -9.09. The lowest BCUT2D eigenvalue weighted by atomic mass is 9.98. The Balaban J connectivity index is 2.73. The van der Waals surface area contributed by atoms with Crippen molar-refractivity contribution < 1.29 is 35.0 Å². The van der Waals surface area contributed by atoms with E-state index < -0.39 is 37.0 Å². The number of rotatable bonds is 2. The first kappa shape index (κ1) is 11.8. The van der Waals surface area contributed by atoms with Gasteiger partial charge in [-0.05, 0) is 0 Å². The standard InChI is InChI=1S/C7H14O7/c1-13-7-4(10)2(8)3(9)5(14-7)6(11)12/h2-12H,1H3/t2-,3+,4+,5-,7+/m0/s1. The summed E-state index contributed by atoms with van der Waals surface area (Å²) in [7, 11) is 1.22. The zero-order valence-electron chi connectivity index (χ0n) is 7.52. The van der Waals surface area contributed by atoms with Gasteiger partial charge in [-0.1, -0.05) is 0 Å². The highest BCUT2D eigenvalue weighted by molar-refractivity contribution is 4.89. The molecule has 0 aromatic heterocycles. The summed E-state index contributed by atoms with van der Waals surface area (Å²) in [4.78, 5) is 0. The van der Waals surface area contributed by atoms with Crippen molar-refractivity contribution in [3.63, 3.8) is 0 Å². The number of ether oxygens (including phenoxy) is 2. The first-order valence-corrected chi connectivity index (χ1v) is 4.07. The van der Waals surface area contributed by atoms with Crippen molar-refractivity contribution in [1.29, 1.82) is 0 Å². The molecular weight excluding hydrogens is 196 g/mol. The average molecular weight is 210 g/mol. The predicted octanol–water partition coefficient (Wildman–Crippen LogP) is -3.25. The van der Waals surface area contributed by atoms with Crippen LogP contribution in [0, 0.1) is 0 Å². The third-order valence-electron chi connectivity index (χ3n) is 2.13. The van der Waals surface area contributed by atoms with Gasteiger partial charge in [-0.25, -0.2) is 0 Å². The molecule has 1 rings (SSSR count). The van der Waals surface area contributed by atoms with E-state index in [1.165, 1.54) is 7.11 Å². The van der Waals surface area contributed by atoms with Crippen LogP contribution in [-0.4, -0.2) is 69.6 Å². The fourth-order valence-electron chi connectivity index (χ4n) is 1.31. The molecule has 1 fully saturated rings. The van der Waals surface area contributed by atoms with Crippen molar-refractivity contribution in [3.05, 3.63) is 0 Å². The molecule has 0 unspecified atom stereocenters. The maximum absolute atomic E-state index is 9.28. The predicted molar refractivity (Wildman–Crippen MR) is 41.9 cm³/mol. The Kier molecular flexibility index (Phi) is 3.78. The van der Waals surface area contributed by atoms with E-state index in [1.54, 1.807) is 0 Å². The quantitative estimate of drug-likeness (QED) is 0.304. The van der Waals surface area contributed by atoms with Crippen LogP contribution in [0.5, 0.6) is 0 Å². The van der Waals surface area contributed by atoms with E-state index in [0.717, 1.165) is 0 Å². The third kappa shape index (κ3) is 2.04. The summed E-state index contributed by atoms with van der Waals surface area (Å²) in [6, 6.07) is 0. The smallest absolute Gasteiger partial charge is 0.186 e. The molecule has 7 nitrogen and oxygen atoms in total. The van der Waals surface area contributed by atoms with Gasteiger partial charge in [0.15, 0.2) is 12.6 Å². The van der Waals surface area contributed by atoms with Crippen LogP contribution in [0.2, 0.25) is 0 Å². The van der Waals surface area contributed by atoms with Gasteiger partial charge in [0.25, 0.3) is 0 Å². The highest BCUT2D eigenvalue weighted by Gasteiger charge is 2.46. The topological polar surface area (TPSA) is 120 Å². The number of hydrogen-bond acceptors (Lipinski definition) is 7. The first-order chi connectivity index (χ1) is 6.49. The monoisotopic (exact) mass is 210 g/mol. The normalized spacial score (nSPS) is 44.4. The van der Waals surface area contributed by atoms with E-state index >= 15 is 0 Å². The van der Waals surface area contributed by atoms with Gasteiger partial charge in [-0.15, -0.1) is 0 Å². The molecule has 0 bridgehead atoms. The fraction of sp³-hybridized carbons (Fsp3) is 1.00. The minimum absolute atomic E-state index is 1.19. The number of methoxy groups -OCH3 is 1. The van der Waals surface area contributed by atoms with E-state index in [0.29, 0.717) is 0 Å². The molecular formula is C7H14O7.